The molecule has 1 aromatic rings. The lowest BCUT2D eigenvalue weighted by Gasteiger charge is -2.10. The zero-order valence-electron chi connectivity index (χ0n) is 9.37. The van der Waals surface area contributed by atoms with Crippen molar-refractivity contribution < 1.29 is 0 Å². The van der Waals surface area contributed by atoms with E-state index in [-0.39, 0.29) is 5.56 Å². The number of halogens is 1. The average Bonchev–Trinajstić information content (AvgIpc) is 2.17. The molecule has 1 heterocycles. The maximum Gasteiger partial charge on any atom is 0.250 e. The van der Waals surface area contributed by atoms with Gasteiger partial charge >= 0.3 is 0 Å². The zero-order chi connectivity index (χ0) is 11.3. The Kier molecular flexibility index (Phi) is 5.09. The van der Waals surface area contributed by atoms with Gasteiger partial charge < -0.3 is 4.57 Å². The maximum atomic E-state index is 11.6. The summed E-state index contributed by atoms with van der Waals surface area (Å²) in [5, 5.41) is 1.04. The van der Waals surface area contributed by atoms with Gasteiger partial charge in [-0.1, -0.05) is 22.9 Å². The molecule has 1 unspecified atom stereocenters. The van der Waals surface area contributed by atoms with Gasteiger partial charge in [0, 0.05) is 24.1 Å². The van der Waals surface area contributed by atoms with E-state index in [1.165, 1.54) is 6.42 Å². The standard InChI is InChI=1S/C12H18BrNO/c1-10(3-6-13)4-7-14-8-5-11(2)9-12(14)15/h5,8-10H,3-4,6-7H2,1-2H3. The van der Waals surface area contributed by atoms with Gasteiger partial charge in [-0.2, -0.15) is 0 Å². The van der Waals surface area contributed by atoms with Gasteiger partial charge in [0.05, 0.1) is 0 Å². The molecule has 0 aliphatic heterocycles. The Morgan fingerprint density at radius 1 is 1.47 bits per heavy atom. The van der Waals surface area contributed by atoms with Crippen LogP contribution in [0.4, 0.5) is 0 Å². The third kappa shape index (κ3) is 4.20. The highest BCUT2D eigenvalue weighted by Crippen LogP contribution is 2.09. The van der Waals surface area contributed by atoms with E-state index in [0.29, 0.717) is 5.92 Å². The van der Waals surface area contributed by atoms with E-state index < -0.39 is 0 Å². The lowest BCUT2D eigenvalue weighted by Crippen LogP contribution is -2.19. The van der Waals surface area contributed by atoms with E-state index in [0.717, 1.165) is 23.9 Å². The second-order valence-electron chi connectivity index (χ2n) is 4.11. The average molecular weight is 272 g/mol. The van der Waals surface area contributed by atoms with Crippen molar-refractivity contribution in [3.8, 4) is 0 Å². The van der Waals surface area contributed by atoms with Gasteiger partial charge in [-0.3, -0.25) is 4.79 Å². The predicted octanol–water partition coefficient (Wildman–Crippen LogP) is 2.97. The van der Waals surface area contributed by atoms with Crippen LogP contribution in [0.15, 0.2) is 23.1 Å². The van der Waals surface area contributed by atoms with Crippen LogP contribution in [0.25, 0.3) is 0 Å². The summed E-state index contributed by atoms with van der Waals surface area (Å²) >= 11 is 3.43. The first kappa shape index (κ1) is 12.5. The first-order chi connectivity index (χ1) is 7.13. The van der Waals surface area contributed by atoms with Crippen molar-refractivity contribution in [3.05, 3.63) is 34.2 Å². The molecule has 0 N–H and O–H groups in total. The van der Waals surface area contributed by atoms with Crippen LogP contribution in [-0.2, 0) is 6.54 Å². The van der Waals surface area contributed by atoms with Crippen molar-refractivity contribution >= 4 is 15.9 Å². The highest BCUT2D eigenvalue weighted by atomic mass is 79.9. The van der Waals surface area contributed by atoms with Crippen LogP contribution < -0.4 is 5.56 Å². The molecule has 15 heavy (non-hydrogen) atoms. The molecule has 1 rings (SSSR count). The topological polar surface area (TPSA) is 22.0 Å². The summed E-state index contributed by atoms with van der Waals surface area (Å²) in [5.74, 6) is 0.664. The van der Waals surface area contributed by atoms with Gasteiger partial charge in [-0.05, 0) is 37.3 Å². The molecular weight excluding hydrogens is 254 g/mol. The molecule has 3 heteroatoms. The first-order valence-electron chi connectivity index (χ1n) is 5.36. The molecule has 1 atom stereocenters. The Labute approximate surface area is 99.4 Å². The summed E-state index contributed by atoms with van der Waals surface area (Å²) in [6.45, 7) is 4.99. The third-order valence-corrected chi connectivity index (χ3v) is 3.07. The number of pyridine rings is 1. The SMILES string of the molecule is Cc1ccn(CCC(C)CCBr)c(=O)c1. The van der Waals surface area contributed by atoms with E-state index >= 15 is 0 Å². The van der Waals surface area contributed by atoms with Crippen molar-refractivity contribution in [1.82, 2.24) is 4.57 Å². The fourth-order valence-corrected chi connectivity index (χ4v) is 2.26. The first-order valence-corrected chi connectivity index (χ1v) is 6.48. The Bertz CT molecular complexity index is 359. The van der Waals surface area contributed by atoms with Crippen LogP contribution in [0, 0.1) is 12.8 Å². The number of hydrogen-bond acceptors (Lipinski definition) is 1. The fraction of sp³-hybridized carbons (Fsp3) is 0.583. The van der Waals surface area contributed by atoms with E-state index in [1.807, 2.05) is 19.2 Å². The molecular formula is C12H18BrNO. The molecule has 0 spiro atoms. The monoisotopic (exact) mass is 271 g/mol. The van der Waals surface area contributed by atoms with Crippen molar-refractivity contribution in [1.29, 1.82) is 0 Å². The number of aromatic nitrogens is 1. The molecule has 0 aliphatic rings. The highest BCUT2D eigenvalue weighted by Gasteiger charge is 2.02. The Morgan fingerprint density at radius 3 is 2.80 bits per heavy atom. The smallest absolute Gasteiger partial charge is 0.250 e. The summed E-state index contributed by atoms with van der Waals surface area (Å²) in [6.07, 6.45) is 4.12. The van der Waals surface area contributed by atoms with Crippen molar-refractivity contribution in [2.75, 3.05) is 5.33 Å². The molecule has 0 saturated carbocycles. The summed E-state index contributed by atoms with van der Waals surface area (Å²) in [7, 11) is 0. The Hall–Kier alpha value is -0.570. The lowest BCUT2D eigenvalue weighted by molar-refractivity contribution is 0.466. The van der Waals surface area contributed by atoms with Crippen molar-refractivity contribution in [2.24, 2.45) is 5.92 Å². The summed E-state index contributed by atoms with van der Waals surface area (Å²) < 4.78 is 1.79. The molecule has 1 aromatic heterocycles. The highest BCUT2D eigenvalue weighted by molar-refractivity contribution is 9.09. The summed E-state index contributed by atoms with van der Waals surface area (Å²) in [5.41, 5.74) is 1.14. The molecule has 0 bridgehead atoms. The fourth-order valence-electron chi connectivity index (χ4n) is 1.48. The largest absolute Gasteiger partial charge is 0.316 e. The number of alkyl halides is 1. The number of rotatable bonds is 5. The van der Waals surface area contributed by atoms with Gasteiger partial charge in [-0.15, -0.1) is 0 Å². The maximum absolute atomic E-state index is 11.6. The zero-order valence-corrected chi connectivity index (χ0v) is 11.0. The van der Waals surface area contributed by atoms with E-state index in [2.05, 4.69) is 22.9 Å². The van der Waals surface area contributed by atoms with Gasteiger partial charge in [0.1, 0.15) is 0 Å². The van der Waals surface area contributed by atoms with E-state index in [4.69, 9.17) is 0 Å². The molecule has 0 fully saturated rings. The summed E-state index contributed by atoms with van der Waals surface area (Å²) in [6, 6.07) is 3.67. The minimum atomic E-state index is 0.112. The number of aryl methyl sites for hydroxylation is 2. The van der Waals surface area contributed by atoms with Crippen LogP contribution in [0.5, 0.6) is 0 Å². The molecule has 84 valence electrons. The van der Waals surface area contributed by atoms with Crippen LogP contribution in [0.3, 0.4) is 0 Å². The molecule has 0 saturated heterocycles. The lowest BCUT2D eigenvalue weighted by atomic mass is 10.1. The van der Waals surface area contributed by atoms with Gasteiger partial charge in [-0.25, -0.2) is 0 Å². The van der Waals surface area contributed by atoms with Crippen molar-refractivity contribution in [3.63, 3.8) is 0 Å². The van der Waals surface area contributed by atoms with Gasteiger partial charge in [0.15, 0.2) is 0 Å². The quantitative estimate of drug-likeness (QED) is 0.755. The Morgan fingerprint density at radius 2 is 2.20 bits per heavy atom. The Balaban J connectivity index is 2.54. The molecule has 0 amide bonds. The van der Waals surface area contributed by atoms with Crippen LogP contribution in [-0.4, -0.2) is 9.90 Å². The minimum Gasteiger partial charge on any atom is -0.316 e. The normalized spacial score (nSPS) is 12.7. The van der Waals surface area contributed by atoms with Gasteiger partial charge in [0.25, 0.3) is 5.56 Å². The molecule has 0 aliphatic carbocycles. The van der Waals surface area contributed by atoms with E-state index in [1.54, 1.807) is 10.6 Å². The second-order valence-corrected chi connectivity index (χ2v) is 4.90. The summed E-state index contributed by atoms with van der Waals surface area (Å²) in [4.78, 5) is 11.6. The number of hydrogen-bond donors (Lipinski definition) is 0. The van der Waals surface area contributed by atoms with Crippen molar-refractivity contribution in [2.45, 2.75) is 33.2 Å². The van der Waals surface area contributed by atoms with Crippen LogP contribution >= 0.6 is 15.9 Å². The van der Waals surface area contributed by atoms with Crippen LogP contribution in [0.2, 0.25) is 0 Å². The van der Waals surface area contributed by atoms with Crippen LogP contribution in [0.1, 0.15) is 25.3 Å². The third-order valence-electron chi connectivity index (χ3n) is 2.62. The molecule has 0 radical (unpaired) electrons. The number of nitrogens with zero attached hydrogens (tertiary/aromatic N) is 1. The van der Waals surface area contributed by atoms with E-state index in [9.17, 15) is 4.79 Å². The molecule has 2 nitrogen and oxygen atoms in total. The molecule has 0 aromatic carbocycles. The predicted molar refractivity (Wildman–Crippen MR) is 67.6 cm³/mol. The minimum absolute atomic E-state index is 0.112. The second kappa shape index (κ2) is 6.11. The van der Waals surface area contributed by atoms with Gasteiger partial charge in [0.2, 0.25) is 0 Å².